The third kappa shape index (κ3) is 4.25. The van der Waals surface area contributed by atoms with Gasteiger partial charge in [-0.3, -0.25) is 0 Å². The van der Waals surface area contributed by atoms with Crippen LogP contribution in [0, 0.1) is 11.8 Å². The van der Waals surface area contributed by atoms with E-state index >= 15 is 0 Å². The van der Waals surface area contributed by atoms with Crippen molar-refractivity contribution >= 4 is 5.97 Å². The highest BCUT2D eigenvalue weighted by atomic mass is 16.8. The molecule has 0 spiro atoms. The monoisotopic (exact) mass is 518 g/mol. The van der Waals surface area contributed by atoms with Gasteiger partial charge in [0, 0.05) is 5.92 Å². The number of aliphatic hydroxyl groups is 7. The summed E-state index contributed by atoms with van der Waals surface area (Å²) in [6.45, 7) is 0.724. The van der Waals surface area contributed by atoms with Gasteiger partial charge in [-0.25, -0.2) is 4.79 Å². The maximum atomic E-state index is 12.2. The molecule has 0 radical (unpaired) electrons. The zero-order valence-corrected chi connectivity index (χ0v) is 19.1. The Morgan fingerprint density at radius 1 is 0.861 bits per heavy atom. The van der Waals surface area contributed by atoms with Crippen LogP contribution in [0.2, 0.25) is 0 Å². The van der Waals surface area contributed by atoms with Crippen LogP contribution in [-0.4, -0.2) is 129 Å². The zero-order valence-electron chi connectivity index (χ0n) is 19.1. The number of rotatable bonds is 6. The topological polar surface area (TPSA) is 214 Å². The quantitative estimate of drug-likeness (QED) is 0.132. The molecular weight excluding hydrogens is 488 g/mol. The number of carbonyl (C=O) groups is 1. The lowest BCUT2D eigenvalue weighted by Gasteiger charge is -2.42. The fourth-order valence-electron chi connectivity index (χ4n) is 5.26. The number of ether oxygens (including phenoxy) is 6. The number of esters is 1. The van der Waals surface area contributed by atoms with Gasteiger partial charge in [-0.1, -0.05) is 0 Å². The Balaban J connectivity index is 1.33. The van der Waals surface area contributed by atoms with Crippen LogP contribution in [0.25, 0.3) is 0 Å². The minimum atomic E-state index is -1.67. The maximum Gasteiger partial charge on any atom is 0.338 e. The average molecular weight is 518 g/mol. The van der Waals surface area contributed by atoms with Gasteiger partial charge in [0.05, 0.1) is 37.1 Å². The highest BCUT2D eigenvalue weighted by molar-refractivity contribution is 5.92. The van der Waals surface area contributed by atoms with E-state index in [4.69, 9.17) is 28.4 Å². The standard InChI is InChI=1S/C22H30O14/c1-6-13(24)15(26)17(28)21(33-6)31-4-7-2-9-12-8(19(30)34-9)5-32-20(11(7)12)36-22-18(29)16(27)14(25)10(3-23)35-22/h2,5-6,9-18,20-29H,3-4H2,1H3. The van der Waals surface area contributed by atoms with Gasteiger partial charge >= 0.3 is 5.97 Å². The van der Waals surface area contributed by atoms with Crippen LogP contribution in [-0.2, 0) is 33.2 Å². The third-order valence-electron chi connectivity index (χ3n) is 7.35. The van der Waals surface area contributed by atoms with E-state index in [0.29, 0.717) is 5.57 Å². The third-order valence-corrected chi connectivity index (χ3v) is 7.35. The van der Waals surface area contributed by atoms with E-state index in [0.717, 1.165) is 0 Å². The summed E-state index contributed by atoms with van der Waals surface area (Å²) in [5.41, 5.74) is 0.813. The number of aliphatic hydroxyl groups excluding tert-OH is 7. The Morgan fingerprint density at radius 3 is 2.28 bits per heavy atom. The van der Waals surface area contributed by atoms with E-state index in [2.05, 4.69) is 0 Å². The minimum absolute atomic E-state index is 0.155. The van der Waals surface area contributed by atoms with Crippen LogP contribution < -0.4 is 0 Å². The Hall–Kier alpha value is -1.69. The summed E-state index contributed by atoms with van der Waals surface area (Å²) in [7, 11) is 0. The van der Waals surface area contributed by atoms with E-state index in [1.807, 2.05) is 0 Å². The van der Waals surface area contributed by atoms with Crippen molar-refractivity contribution in [1.29, 1.82) is 0 Å². The van der Waals surface area contributed by atoms with Crippen molar-refractivity contribution in [1.82, 2.24) is 0 Å². The molecule has 0 aromatic carbocycles. The van der Waals surface area contributed by atoms with Crippen molar-refractivity contribution in [3.63, 3.8) is 0 Å². The molecule has 3 saturated heterocycles. The first-order chi connectivity index (χ1) is 17.1. The van der Waals surface area contributed by atoms with E-state index in [9.17, 15) is 40.5 Å². The molecular formula is C22H30O14. The SMILES string of the molecule is CC1OC(OCC2=CC3OC(=O)C4=COC(OC5OC(CO)C(O)C(O)C5O)C2C43)C(O)C(O)C1O. The minimum Gasteiger partial charge on any atom is -0.471 e. The Bertz CT molecular complexity index is 905. The molecule has 0 amide bonds. The predicted molar refractivity (Wildman–Crippen MR) is 111 cm³/mol. The van der Waals surface area contributed by atoms with Crippen molar-refractivity contribution in [2.45, 2.75) is 80.7 Å². The molecule has 4 aliphatic heterocycles. The molecule has 5 aliphatic rings. The van der Waals surface area contributed by atoms with Gasteiger partial charge in [-0.2, -0.15) is 0 Å². The van der Waals surface area contributed by atoms with Gasteiger partial charge < -0.3 is 64.2 Å². The first-order valence-corrected chi connectivity index (χ1v) is 11.7. The Morgan fingerprint density at radius 2 is 1.56 bits per heavy atom. The van der Waals surface area contributed by atoms with Crippen molar-refractivity contribution in [3.8, 4) is 0 Å². The molecule has 14 nitrogen and oxygen atoms in total. The molecule has 0 aromatic heterocycles. The zero-order chi connectivity index (χ0) is 25.9. The number of hydrogen-bond acceptors (Lipinski definition) is 14. The second-order valence-corrected chi connectivity index (χ2v) is 9.57. The molecule has 0 aromatic rings. The van der Waals surface area contributed by atoms with Gasteiger partial charge in [0.25, 0.3) is 0 Å². The highest BCUT2D eigenvalue weighted by Crippen LogP contribution is 2.49. The molecule has 0 saturated carbocycles. The van der Waals surface area contributed by atoms with E-state index in [1.54, 1.807) is 6.08 Å². The van der Waals surface area contributed by atoms with Crippen molar-refractivity contribution in [3.05, 3.63) is 23.5 Å². The Kier molecular flexibility index (Phi) is 7.12. The van der Waals surface area contributed by atoms with Crippen LogP contribution in [0.5, 0.6) is 0 Å². The second-order valence-electron chi connectivity index (χ2n) is 9.57. The fraction of sp³-hybridized carbons (Fsp3) is 0.773. The van der Waals surface area contributed by atoms with Crippen molar-refractivity contribution in [2.75, 3.05) is 13.2 Å². The summed E-state index contributed by atoms with van der Waals surface area (Å²) in [6, 6.07) is 0. The van der Waals surface area contributed by atoms with Crippen LogP contribution in [0.3, 0.4) is 0 Å². The first kappa shape index (κ1) is 25.9. The number of carbonyl (C=O) groups excluding carboxylic acids is 1. The van der Waals surface area contributed by atoms with Gasteiger partial charge in [0.1, 0.15) is 48.8 Å². The van der Waals surface area contributed by atoms with Crippen molar-refractivity contribution < 1.29 is 69.0 Å². The summed E-state index contributed by atoms with van der Waals surface area (Å²) in [5.74, 6) is -1.75. The molecule has 0 bridgehead atoms. The molecule has 7 N–H and O–H groups in total. The highest BCUT2D eigenvalue weighted by Gasteiger charge is 2.56. The molecule has 4 heterocycles. The summed E-state index contributed by atoms with van der Waals surface area (Å²) < 4.78 is 33.5. The molecule has 14 atom stereocenters. The maximum absolute atomic E-state index is 12.2. The summed E-state index contributed by atoms with van der Waals surface area (Å²) in [6.07, 6.45) is -12.9. The summed E-state index contributed by atoms with van der Waals surface area (Å²) in [5, 5.41) is 70.1. The molecule has 1 aliphatic carbocycles. The molecule has 14 unspecified atom stereocenters. The van der Waals surface area contributed by atoms with Gasteiger partial charge in [0.2, 0.25) is 6.29 Å². The van der Waals surface area contributed by atoms with Gasteiger partial charge in [0.15, 0.2) is 12.6 Å². The van der Waals surface area contributed by atoms with E-state index < -0.39 is 98.2 Å². The van der Waals surface area contributed by atoms with Crippen LogP contribution >= 0.6 is 0 Å². The molecule has 3 fully saturated rings. The lowest BCUT2D eigenvalue weighted by atomic mass is 9.84. The molecule has 5 rings (SSSR count). The second kappa shape index (κ2) is 9.89. The van der Waals surface area contributed by atoms with Crippen LogP contribution in [0.4, 0.5) is 0 Å². The van der Waals surface area contributed by atoms with Gasteiger partial charge in [-0.15, -0.1) is 0 Å². The summed E-state index contributed by atoms with van der Waals surface area (Å²) in [4.78, 5) is 12.2. The van der Waals surface area contributed by atoms with Crippen molar-refractivity contribution in [2.24, 2.45) is 11.8 Å². The lowest BCUT2D eigenvalue weighted by molar-refractivity contribution is -0.340. The number of hydrogen-bond donors (Lipinski definition) is 7. The lowest BCUT2D eigenvalue weighted by Crippen LogP contribution is -2.60. The normalized spacial score (nSPS) is 50.2. The van der Waals surface area contributed by atoms with Gasteiger partial charge in [-0.05, 0) is 18.6 Å². The van der Waals surface area contributed by atoms with Crippen LogP contribution in [0.15, 0.2) is 23.5 Å². The molecule has 36 heavy (non-hydrogen) atoms. The molecule has 202 valence electrons. The largest absolute Gasteiger partial charge is 0.471 e. The molecule has 14 heteroatoms. The van der Waals surface area contributed by atoms with E-state index in [1.165, 1.54) is 13.2 Å². The first-order valence-electron chi connectivity index (χ1n) is 11.7. The fourth-order valence-corrected chi connectivity index (χ4v) is 5.26. The summed E-state index contributed by atoms with van der Waals surface area (Å²) >= 11 is 0. The average Bonchev–Trinajstić information content (AvgIpc) is 3.38. The van der Waals surface area contributed by atoms with Crippen LogP contribution in [0.1, 0.15) is 6.92 Å². The smallest absolute Gasteiger partial charge is 0.338 e. The Labute approximate surface area is 204 Å². The van der Waals surface area contributed by atoms with E-state index in [-0.39, 0.29) is 12.2 Å². The predicted octanol–water partition coefficient (Wildman–Crippen LogP) is -4.01.